The highest BCUT2D eigenvalue weighted by molar-refractivity contribution is 5.94. The monoisotopic (exact) mass is 274 g/mol. The maximum absolute atomic E-state index is 12.4. The molecular weight excluding hydrogens is 252 g/mol. The van der Waals surface area contributed by atoms with Gasteiger partial charge in [0.25, 0.3) is 0 Å². The maximum Gasteiger partial charge on any atom is 0.307 e. The second-order valence-corrected chi connectivity index (χ2v) is 6.64. The lowest BCUT2D eigenvalue weighted by Gasteiger charge is -2.11. The van der Waals surface area contributed by atoms with Crippen LogP contribution in [0.1, 0.15) is 36.1 Å². The Labute approximate surface area is 120 Å². The summed E-state index contributed by atoms with van der Waals surface area (Å²) >= 11 is 0. The Bertz CT molecular complexity index is 561. The predicted octanol–water partition coefficient (Wildman–Crippen LogP) is 3.08. The molecule has 3 heteroatoms. The lowest BCUT2D eigenvalue weighted by atomic mass is 9.93. The van der Waals surface area contributed by atoms with Gasteiger partial charge in [-0.1, -0.05) is 31.5 Å². The Morgan fingerprint density at radius 2 is 1.60 bits per heavy atom. The second-order valence-electron chi connectivity index (χ2n) is 6.64. The van der Waals surface area contributed by atoms with Gasteiger partial charge in [0, 0.05) is 12.3 Å². The van der Waals surface area contributed by atoms with E-state index in [1.807, 2.05) is 34.6 Å². The third kappa shape index (κ3) is 2.37. The molecule has 1 fully saturated rings. The third-order valence-electron chi connectivity index (χ3n) is 4.63. The van der Waals surface area contributed by atoms with Crippen LogP contribution in [0.3, 0.4) is 0 Å². The fourth-order valence-corrected chi connectivity index (χ4v) is 3.47. The highest BCUT2D eigenvalue weighted by atomic mass is 16.4. The summed E-state index contributed by atoms with van der Waals surface area (Å²) in [5, 5.41) is 9.17. The molecule has 1 N–H and O–H groups in total. The number of ketones is 1. The molecule has 20 heavy (non-hydrogen) atoms. The minimum Gasteiger partial charge on any atom is -0.481 e. The second kappa shape index (κ2) is 4.72. The molecule has 1 aliphatic rings. The van der Waals surface area contributed by atoms with E-state index in [1.165, 1.54) is 5.56 Å². The van der Waals surface area contributed by atoms with Gasteiger partial charge in [0.05, 0.1) is 5.92 Å². The molecule has 0 spiro atoms. The Morgan fingerprint density at radius 3 is 2.00 bits per heavy atom. The summed E-state index contributed by atoms with van der Waals surface area (Å²) in [6.45, 7) is 9.78. The van der Waals surface area contributed by atoms with Crippen molar-refractivity contribution in [2.24, 2.45) is 17.3 Å². The van der Waals surface area contributed by atoms with Gasteiger partial charge in [-0.3, -0.25) is 9.59 Å². The van der Waals surface area contributed by atoms with Crippen LogP contribution in [0, 0.1) is 38.0 Å². The first-order chi connectivity index (χ1) is 9.16. The quantitative estimate of drug-likeness (QED) is 0.918. The van der Waals surface area contributed by atoms with Gasteiger partial charge in [-0.05, 0) is 42.9 Å². The lowest BCUT2D eigenvalue weighted by molar-refractivity contribution is -0.140. The van der Waals surface area contributed by atoms with Gasteiger partial charge in [0.1, 0.15) is 5.78 Å². The third-order valence-corrected chi connectivity index (χ3v) is 4.63. The summed E-state index contributed by atoms with van der Waals surface area (Å²) in [6.07, 6.45) is 0.343. The molecule has 1 saturated carbocycles. The van der Waals surface area contributed by atoms with E-state index in [0.717, 1.165) is 16.7 Å². The summed E-state index contributed by atoms with van der Waals surface area (Å²) in [5.41, 5.74) is 4.05. The van der Waals surface area contributed by atoms with E-state index in [-0.39, 0.29) is 11.7 Å². The molecule has 1 aliphatic carbocycles. The van der Waals surface area contributed by atoms with Crippen LogP contribution in [0.4, 0.5) is 0 Å². The molecule has 0 aromatic heterocycles. The van der Waals surface area contributed by atoms with Crippen LogP contribution < -0.4 is 0 Å². The first-order valence-corrected chi connectivity index (χ1v) is 6.98. The van der Waals surface area contributed by atoms with Gasteiger partial charge >= 0.3 is 5.97 Å². The van der Waals surface area contributed by atoms with E-state index in [0.29, 0.717) is 6.42 Å². The van der Waals surface area contributed by atoms with Gasteiger partial charge < -0.3 is 5.11 Å². The Balaban J connectivity index is 2.20. The number of Topliss-reactive ketones (excluding diaryl/α,β-unsaturated/α-hetero) is 1. The first-order valence-electron chi connectivity index (χ1n) is 6.98. The molecule has 2 atom stereocenters. The van der Waals surface area contributed by atoms with Crippen molar-refractivity contribution in [2.75, 3.05) is 0 Å². The van der Waals surface area contributed by atoms with E-state index < -0.39 is 17.3 Å². The fraction of sp³-hybridized carbons (Fsp3) is 0.529. The molecule has 3 nitrogen and oxygen atoms in total. The van der Waals surface area contributed by atoms with Crippen molar-refractivity contribution >= 4 is 11.8 Å². The predicted molar refractivity (Wildman–Crippen MR) is 77.8 cm³/mol. The number of carboxylic acid groups (broad SMARTS) is 1. The topological polar surface area (TPSA) is 54.4 Å². The summed E-state index contributed by atoms with van der Waals surface area (Å²) in [7, 11) is 0. The summed E-state index contributed by atoms with van der Waals surface area (Å²) in [4.78, 5) is 23.6. The minimum absolute atomic E-state index is 0.0532. The van der Waals surface area contributed by atoms with Crippen molar-refractivity contribution in [3.8, 4) is 0 Å². The highest BCUT2D eigenvalue weighted by Gasteiger charge is 2.65. The van der Waals surface area contributed by atoms with E-state index in [2.05, 4.69) is 12.1 Å². The minimum atomic E-state index is -0.856. The Hall–Kier alpha value is -1.64. The molecule has 2 unspecified atom stereocenters. The highest BCUT2D eigenvalue weighted by Crippen LogP contribution is 2.59. The summed E-state index contributed by atoms with van der Waals surface area (Å²) in [5.74, 6) is -1.68. The van der Waals surface area contributed by atoms with Crippen LogP contribution in [-0.2, 0) is 16.0 Å². The van der Waals surface area contributed by atoms with E-state index >= 15 is 0 Å². The number of carbonyl (C=O) groups excluding carboxylic acids is 1. The molecular formula is C17H22O3. The standard InChI is InChI=1S/C17H22O3/c1-9-6-10(2)12(11(3)7-9)8-13(18)14-15(16(19)20)17(14,4)5/h6-7,14-15H,8H2,1-5H3,(H,19,20). The van der Waals surface area contributed by atoms with Gasteiger partial charge in [-0.2, -0.15) is 0 Å². The van der Waals surface area contributed by atoms with Crippen molar-refractivity contribution in [1.82, 2.24) is 0 Å². The van der Waals surface area contributed by atoms with Crippen LogP contribution in [0.25, 0.3) is 0 Å². The molecule has 108 valence electrons. The van der Waals surface area contributed by atoms with Crippen LogP contribution >= 0.6 is 0 Å². The Morgan fingerprint density at radius 1 is 1.10 bits per heavy atom. The summed E-state index contributed by atoms with van der Waals surface area (Å²) < 4.78 is 0. The number of aryl methyl sites for hydroxylation is 3. The number of hydrogen-bond donors (Lipinski definition) is 1. The average molecular weight is 274 g/mol. The van der Waals surface area contributed by atoms with Gasteiger partial charge in [0.2, 0.25) is 0 Å². The fourth-order valence-electron chi connectivity index (χ4n) is 3.47. The molecule has 0 saturated heterocycles. The molecule has 2 rings (SSSR count). The molecule has 0 aliphatic heterocycles. The van der Waals surface area contributed by atoms with Crippen molar-refractivity contribution in [1.29, 1.82) is 0 Å². The van der Waals surface area contributed by atoms with E-state index in [4.69, 9.17) is 5.11 Å². The molecule has 0 amide bonds. The molecule has 0 heterocycles. The number of carbonyl (C=O) groups is 2. The number of benzene rings is 1. The van der Waals surface area contributed by atoms with Crippen molar-refractivity contribution in [3.63, 3.8) is 0 Å². The molecule has 0 bridgehead atoms. The average Bonchev–Trinajstić information content (AvgIpc) is 2.86. The van der Waals surface area contributed by atoms with E-state index in [9.17, 15) is 9.59 Å². The molecule has 0 radical (unpaired) electrons. The zero-order chi connectivity index (χ0) is 15.2. The number of rotatable bonds is 4. The lowest BCUT2D eigenvalue weighted by Crippen LogP contribution is -2.12. The van der Waals surface area contributed by atoms with Crippen LogP contribution in [0.15, 0.2) is 12.1 Å². The number of aliphatic carboxylic acids is 1. The maximum atomic E-state index is 12.4. The normalized spacial score (nSPS) is 23.4. The Kier molecular flexibility index (Phi) is 3.49. The van der Waals surface area contributed by atoms with Crippen molar-refractivity contribution < 1.29 is 14.7 Å². The zero-order valence-corrected chi connectivity index (χ0v) is 12.8. The summed E-state index contributed by atoms with van der Waals surface area (Å²) in [6, 6.07) is 4.14. The van der Waals surface area contributed by atoms with Gasteiger partial charge in [-0.25, -0.2) is 0 Å². The van der Waals surface area contributed by atoms with Crippen LogP contribution in [-0.4, -0.2) is 16.9 Å². The number of carboxylic acids is 1. The van der Waals surface area contributed by atoms with Gasteiger partial charge in [-0.15, -0.1) is 0 Å². The van der Waals surface area contributed by atoms with Gasteiger partial charge in [0.15, 0.2) is 0 Å². The number of hydrogen-bond acceptors (Lipinski definition) is 2. The molecule has 1 aromatic carbocycles. The van der Waals surface area contributed by atoms with E-state index in [1.54, 1.807) is 0 Å². The smallest absolute Gasteiger partial charge is 0.307 e. The first kappa shape index (κ1) is 14.8. The van der Waals surface area contributed by atoms with Crippen molar-refractivity contribution in [2.45, 2.75) is 41.0 Å². The molecule has 1 aromatic rings. The SMILES string of the molecule is Cc1cc(C)c(CC(=O)C2C(C(=O)O)C2(C)C)c(C)c1. The van der Waals surface area contributed by atoms with Crippen molar-refractivity contribution in [3.05, 3.63) is 34.4 Å². The largest absolute Gasteiger partial charge is 0.481 e. The van der Waals surface area contributed by atoms with Crippen LogP contribution in [0.2, 0.25) is 0 Å². The zero-order valence-electron chi connectivity index (χ0n) is 12.8. The van der Waals surface area contributed by atoms with Crippen LogP contribution in [0.5, 0.6) is 0 Å².